The molecule has 1 N–H and O–H groups in total. The van der Waals surface area contributed by atoms with Crippen LogP contribution in [0.25, 0.3) is 0 Å². The molecular weight excluding hydrogens is 250 g/mol. The lowest BCUT2D eigenvalue weighted by molar-refractivity contribution is 0.565. The fourth-order valence-electron chi connectivity index (χ4n) is 1.50. The summed E-state index contributed by atoms with van der Waals surface area (Å²) in [5.74, 6) is 2.71. The summed E-state index contributed by atoms with van der Waals surface area (Å²) in [5.41, 5.74) is 2.49. The van der Waals surface area contributed by atoms with E-state index < -0.39 is 0 Å². The summed E-state index contributed by atoms with van der Waals surface area (Å²) in [7, 11) is 0. The minimum Gasteiger partial charge on any atom is -0.309 e. The molecule has 2 heteroatoms. The molecule has 0 aromatic heterocycles. The van der Waals surface area contributed by atoms with E-state index in [1.807, 2.05) is 0 Å². The molecule has 0 aliphatic rings. The summed E-state index contributed by atoms with van der Waals surface area (Å²) >= 11 is 3.54. The molecule has 1 atom stereocenters. The Kier molecular flexibility index (Phi) is 4.87. The molecule has 0 radical (unpaired) electrons. The average molecular weight is 266 g/mol. The van der Waals surface area contributed by atoms with Crippen molar-refractivity contribution in [1.29, 1.82) is 0 Å². The van der Waals surface area contributed by atoms with Gasteiger partial charge in [-0.15, -0.1) is 12.3 Å². The summed E-state index contributed by atoms with van der Waals surface area (Å²) < 4.78 is 1.14. The van der Waals surface area contributed by atoms with Crippen LogP contribution in [0, 0.1) is 19.3 Å². The monoisotopic (exact) mass is 265 g/mol. The Balaban J connectivity index is 2.91. The molecule has 0 bridgehead atoms. The number of benzene rings is 1. The van der Waals surface area contributed by atoms with Crippen molar-refractivity contribution in [3.8, 4) is 12.3 Å². The van der Waals surface area contributed by atoms with Gasteiger partial charge in [0.05, 0.1) is 0 Å². The van der Waals surface area contributed by atoms with Gasteiger partial charge in [-0.2, -0.15) is 0 Å². The molecule has 0 saturated heterocycles. The van der Waals surface area contributed by atoms with Crippen LogP contribution < -0.4 is 5.32 Å². The van der Waals surface area contributed by atoms with Gasteiger partial charge in [-0.3, -0.25) is 0 Å². The highest BCUT2D eigenvalue weighted by Crippen LogP contribution is 2.23. The standard InChI is InChI=1S/C13H16BrN/c1-4-6-13(15-5-2)11-8-7-10(3)12(14)9-11/h1,7-9,13,15H,5-6H2,2-3H3. The number of terminal acetylenes is 1. The molecule has 1 unspecified atom stereocenters. The number of hydrogen-bond acceptors (Lipinski definition) is 1. The van der Waals surface area contributed by atoms with Crippen LogP contribution in [0.5, 0.6) is 0 Å². The van der Waals surface area contributed by atoms with Gasteiger partial charge in [0.2, 0.25) is 0 Å². The number of nitrogens with one attached hydrogen (secondary N) is 1. The lowest BCUT2D eigenvalue weighted by Crippen LogP contribution is -2.20. The lowest BCUT2D eigenvalue weighted by Gasteiger charge is -2.16. The van der Waals surface area contributed by atoms with Crippen molar-refractivity contribution >= 4 is 15.9 Å². The molecule has 1 nitrogen and oxygen atoms in total. The number of aryl methyl sites for hydroxylation is 1. The third-order valence-corrected chi connectivity index (χ3v) is 3.23. The normalized spacial score (nSPS) is 12.1. The van der Waals surface area contributed by atoms with Gasteiger partial charge in [0.25, 0.3) is 0 Å². The minimum atomic E-state index is 0.261. The lowest BCUT2D eigenvalue weighted by atomic mass is 10.0. The molecule has 1 aromatic rings. The van der Waals surface area contributed by atoms with Crippen molar-refractivity contribution in [3.63, 3.8) is 0 Å². The van der Waals surface area contributed by atoms with E-state index in [0.717, 1.165) is 17.4 Å². The predicted molar refractivity (Wildman–Crippen MR) is 68.7 cm³/mol. The minimum absolute atomic E-state index is 0.261. The first kappa shape index (κ1) is 12.3. The van der Waals surface area contributed by atoms with Gasteiger partial charge >= 0.3 is 0 Å². The van der Waals surface area contributed by atoms with Crippen molar-refractivity contribution in [2.24, 2.45) is 0 Å². The molecule has 0 heterocycles. The molecule has 0 fully saturated rings. The van der Waals surface area contributed by atoms with Gasteiger partial charge in [-0.1, -0.05) is 35.0 Å². The van der Waals surface area contributed by atoms with Crippen LogP contribution in [0.15, 0.2) is 22.7 Å². The van der Waals surface area contributed by atoms with Crippen LogP contribution in [-0.4, -0.2) is 6.54 Å². The average Bonchev–Trinajstić information content (AvgIpc) is 2.22. The Hall–Kier alpha value is -0.780. The van der Waals surface area contributed by atoms with E-state index in [1.165, 1.54) is 11.1 Å². The highest BCUT2D eigenvalue weighted by molar-refractivity contribution is 9.10. The first-order chi connectivity index (χ1) is 7.19. The van der Waals surface area contributed by atoms with Gasteiger partial charge in [-0.05, 0) is 30.7 Å². The van der Waals surface area contributed by atoms with E-state index in [-0.39, 0.29) is 6.04 Å². The fourth-order valence-corrected chi connectivity index (χ4v) is 1.89. The van der Waals surface area contributed by atoms with E-state index >= 15 is 0 Å². The number of rotatable bonds is 4. The van der Waals surface area contributed by atoms with Crippen molar-refractivity contribution in [3.05, 3.63) is 33.8 Å². The highest BCUT2D eigenvalue weighted by atomic mass is 79.9. The molecule has 0 amide bonds. The van der Waals surface area contributed by atoms with Crippen LogP contribution in [0.4, 0.5) is 0 Å². The fraction of sp³-hybridized carbons (Fsp3) is 0.385. The molecule has 1 aromatic carbocycles. The Morgan fingerprint density at radius 3 is 2.80 bits per heavy atom. The van der Waals surface area contributed by atoms with E-state index in [4.69, 9.17) is 6.42 Å². The summed E-state index contributed by atoms with van der Waals surface area (Å²) in [6, 6.07) is 6.64. The molecule has 80 valence electrons. The van der Waals surface area contributed by atoms with Gasteiger partial charge in [0, 0.05) is 16.9 Å². The van der Waals surface area contributed by atoms with E-state index in [1.54, 1.807) is 0 Å². The third kappa shape index (κ3) is 3.37. The van der Waals surface area contributed by atoms with Crippen molar-refractivity contribution < 1.29 is 0 Å². The largest absolute Gasteiger partial charge is 0.309 e. The second-order valence-corrected chi connectivity index (χ2v) is 4.38. The smallest absolute Gasteiger partial charge is 0.0431 e. The van der Waals surface area contributed by atoms with Crippen molar-refractivity contribution in [2.75, 3.05) is 6.54 Å². The van der Waals surface area contributed by atoms with E-state index in [0.29, 0.717) is 0 Å². The van der Waals surface area contributed by atoms with Crippen LogP contribution in [-0.2, 0) is 0 Å². The molecule has 15 heavy (non-hydrogen) atoms. The predicted octanol–water partition coefficient (Wildman–Crippen LogP) is 3.43. The van der Waals surface area contributed by atoms with E-state index in [2.05, 4.69) is 59.2 Å². The summed E-state index contributed by atoms with van der Waals surface area (Å²) in [4.78, 5) is 0. The second-order valence-electron chi connectivity index (χ2n) is 3.53. The molecule has 1 rings (SSSR count). The topological polar surface area (TPSA) is 12.0 Å². The Labute approximate surface area is 100 Å². The maximum absolute atomic E-state index is 5.36. The van der Waals surface area contributed by atoms with Crippen LogP contribution >= 0.6 is 15.9 Å². The quantitative estimate of drug-likeness (QED) is 0.823. The number of halogens is 1. The van der Waals surface area contributed by atoms with Crippen LogP contribution in [0.1, 0.15) is 30.5 Å². The van der Waals surface area contributed by atoms with Crippen LogP contribution in [0.3, 0.4) is 0 Å². The molecule has 0 aliphatic carbocycles. The maximum atomic E-state index is 5.36. The maximum Gasteiger partial charge on any atom is 0.0431 e. The zero-order valence-electron chi connectivity index (χ0n) is 9.18. The van der Waals surface area contributed by atoms with Gasteiger partial charge in [-0.25, -0.2) is 0 Å². The highest BCUT2D eigenvalue weighted by Gasteiger charge is 2.09. The van der Waals surface area contributed by atoms with Crippen LogP contribution in [0.2, 0.25) is 0 Å². The molecular formula is C13H16BrN. The van der Waals surface area contributed by atoms with Crippen molar-refractivity contribution in [1.82, 2.24) is 5.32 Å². The molecule has 0 spiro atoms. The Morgan fingerprint density at radius 1 is 1.53 bits per heavy atom. The summed E-state index contributed by atoms with van der Waals surface area (Å²) in [5, 5.41) is 3.38. The molecule has 0 saturated carbocycles. The Bertz CT molecular complexity index is 365. The summed E-state index contributed by atoms with van der Waals surface area (Å²) in [6.45, 7) is 5.10. The SMILES string of the molecule is C#CCC(NCC)c1ccc(C)c(Br)c1. The van der Waals surface area contributed by atoms with Gasteiger partial charge in [0.15, 0.2) is 0 Å². The number of hydrogen-bond donors (Lipinski definition) is 1. The van der Waals surface area contributed by atoms with Crippen molar-refractivity contribution in [2.45, 2.75) is 26.3 Å². The second kappa shape index (κ2) is 5.95. The van der Waals surface area contributed by atoms with Gasteiger partial charge < -0.3 is 5.32 Å². The first-order valence-electron chi connectivity index (χ1n) is 5.12. The zero-order valence-corrected chi connectivity index (χ0v) is 10.8. The van der Waals surface area contributed by atoms with E-state index in [9.17, 15) is 0 Å². The molecule has 0 aliphatic heterocycles. The third-order valence-electron chi connectivity index (χ3n) is 2.37. The first-order valence-corrected chi connectivity index (χ1v) is 5.91. The summed E-state index contributed by atoms with van der Waals surface area (Å²) in [6.07, 6.45) is 6.09. The Morgan fingerprint density at radius 2 is 2.27 bits per heavy atom. The van der Waals surface area contributed by atoms with Gasteiger partial charge in [0.1, 0.15) is 0 Å². The zero-order chi connectivity index (χ0) is 11.3.